The lowest BCUT2D eigenvalue weighted by molar-refractivity contribution is 0.417. The van der Waals surface area contributed by atoms with Gasteiger partial charge in [-0.2, -0.15) is 9.97 Å². The van der Waals surface area contributed by atoms with Gasteiger partial charge in [-0.25, -0.2) is 39.9 Å². The fourth-order valence-corrected chi connectivity index (χ4v) is 12.9. The number of aryl methyl sites for hydroxylation is 1. The van der Waals surface area contributed by atoms with Crippen molar-refractivity contribution >= 4 is 226 Å². The van der Waals surface area contributed by atoms with Crippen LogP contribution >= 0.6 is 85.5 Å². The van der Waals surface area contributed by atoms with E-state index in [0.717, 1.165) is 104 Å². The first-order valence-electron chi connectivity index (χ1n) is 32.7. The van der Waals surface area contributed by atoms with Crippen LogP contribution in [0.3, 0.4) is 0 Å². The maximum absolute atomic E-state index is 9.26. The predicted molar refractivity (Wildman–Crippen MR) is 444 cm³/mol. The number of fused-ring (bicyclic) bond motifs is 13. The van der Waals surface area contributed by atoms with E-state index in [-0.39, 0.29) is 21.9 Å². The van der Waals surface area contributed by atoms with Gasteiger partial charge < -0.3 is 55.6 Å². The number of benzene rings is 11. The van der Waals surface area contributed by atoms with E-state index in [1.54, 1.807) is 44.8 Å². The maximum Gasteiger partial charge on any atom is 0.489 e. The third-order valence-electron chi connectivity index (χ3n) is 16.6. The van der Waals surface area contributed by atoms with Gasteiger partial charge in [0, 0.05) is 5.02 Å². The minimum absolute atomic E-state index is 0.269. The normalized spacial score (nSPS) is 10.8. The van der Waals surface area contributed by atoms with Crippen molar-refractivity contribution < 1.29 is 38.4 Å². The molecule has 30 heteroatoms. The van der Waals surface area contributed by atoms with Crippen LogP contribution in [-0.4, -0.2) is 98.4 Å². The van der Waals surface area contributed by atoms with E-state index < -0.39 is 14.2 Å². The monoisotopic (exact) mass is 1630 g/mol. The van der Waals surface area contributed by atoms with Crippen molar-refractivity contribution in [2.45, 2.75) is 6.92 Å². The Morgan fingerprint density at radius 3 is 1.15 bits per heavy atom. The molecule has 0 unspecified atom stereocenters. The quantitative estimate of drug-likeness (QED) is 0.0760. The van der Waals surface area contributed by atoms with Crippen LogP contribution in [0.1, 0.15) is 5.56 Å². The minimum atomic E-state index is -1.43. The third-order valence-corrected chi connectivity index (χ3v) is 18.4. The number of methoxy groups -OCH3 is 2. The van der Waals surface area contributed by atoms with Gasteiger partial charge >= 0.3 is 14.2 Å². The van der Waals surface area contributed by atoms with Crippen molar-refractivity contribution in [3.8, 4) is 34.0 Å². The molecule has 18 aromatic rings. The van der Waals surface area contributed by atoms with Gasteiger partial charge in [-0.05, 0) is 124 Å². The van der Waals surface area contributed by atoms with Crippen LogP contribution < -0.4 is 37.6 Å². The van der Waals surface area contributed by atoms with Gasteiger partial charge in [0.2, 0.25) is 11.4 Å². The number of hydrogen-bond acceptors (Lipinski definition) is 21. The zero-order valence-electron chi connectivity index (χ0n) is 57.4. The largest absolute Gasteiger partial charge is 0.496 e. The number of nitrogens with two attached hydrogens (primary N) is 3. The van der Waals surface area contributed by atoms with Gasteiger partial charge in [0.25, 0.3) is 0 Å². The zero-order chi connectivity index (χ0) is 77.0. The molecule has 0 amide bonds. The molecule has 0 fully saturated rings. The summed E-state index contributed by atoms with van der Waals surface area (Å²) in [6.07, 6.45) is 7.46. The van der Waals surface area contributed by atoms with Crippen molar-refractivity contribution in [3.05, 3.63) is 278 Å². The van der Waals surface area contributed by atoms with Crippen LogP contribution in [-0.2, 0) is 0 Å². The Kier molecular flexibility index (Phi) is 25.1. The molecule has 0 aliphatic carbocycles. The highest BCUT2D eigenvalue weighted by Gasteiger charge is 2.21. The lowest BCUT2D eigenvalue weighted by Gasteiger charge is -2.12. The molecule has 542 valence electrons. The number of hydrogen-bond donors (Lipinski definition) is 7. The van der Waals surface area contributed by atoms with E-state index in [0.29, 0.717) is 76.1 Å². The number of ether oxygens (including phenoxy) is 2. The average Bonchev–Trinajstić information content (AvgIpc) is 1.75. The second-order valence-electron chi connectivity index (χ2n) is 23.5. The van der Waals surface area contributed by atoms with Crippen LogP contribution in [0, 0.1) is 6.92 Å². The van der Waals surface area contributed by atoms with Gasteiger partial charge in [0.05, 0.1) is 67.1 Å². The maximum atomic E-state index is 9.26. The lowest BCUT2D eigenvalue weighted by atomic mass is 9.74. The summed E-state index contributed by atoms with van der Waals surface area (Å²) in [5.74, 6) is 2.28. The molecule has 7 heterocycles. The number of nitrogens with zero attached hydrogens (tertiary/aromatic N) is 10. The fraction of sp³-hybridized carbons (Fsp3) is 0.0380. The van der Waals surface area contributed by atoms with Crippen LogP contribution in [0.4, 0.5) is 17.5 Å². The molecule has 11 aromatic carbocycles. The molecular formula is C79H58B2BrCl6N13O8. The number of aromatic nitrogens is 10. The molecular weight excluding hydrogens is 1570 g/mol. The summed E-state index contributed by atoms with van der Waals surface area (Å²) in [7, 11) is 0.403. The molecule has 0 saturated carbocycles. The second-order valence-corrected chi connectivity index (χ2v) is 26.6. The first kappa shape index (κ1) is 77.5. The van der Waals surface area contributed by atoms with E-state index in [2.05, 4.69) is 90.0 Å². The second kappa shape index (κ2) is 35.3. The summed E-state index contributed by atoms with van der Waals surface area (Å²) in [4.78, 5) is 41.2. The van der Waals surface area contributed by atoms with Crippen molar-refractivity contribution in [1.29, 1.82) is 0 Å². The Morgan fingerprint density at radius 2 is 0.752 bits per heavy atom. The van der Waals surface area contributed by atoms with Gasteiger partial charge in [-0.3, -0.25) is 0 Å². The Bertz CT molecular complexity index is 6070. The number of rotatable bonds is 6. The molecule has 0 atom stereocenters. The van der Waals surface area contributed by atoms with Crippen LogP contribution in [0.2, 0.25) is 30.8 Å². The summed E-state index contributed by atoms with van der Waals surface area (Å²) in [5.41, 5.74) is 26.0. The third kappa shape index (κ3) is 18.1. The number of anilines is 3. The summed E-state index contributed by atoms with van der Waals surface area (Å²) < 4.78 is 22.8. The minimum Gasteiger partial charge on any atom is -0.496 e. The molecule has 0 bridgehead atoms. The van der Waals surface area contributed by atoms with Crippen LogP contribution in [0.15, 0.2) is 251 Å². The van der Waals surface area contributed by atoms with Gasteiger partial charge in [-0.1, -0.05) is 245 Å². The molecule has 0 spiro atoms. The lowest BCUT2D eigenvalue weighted by Crippen LogP contribution is -2.32. The topological polar surface area (TPSA) is 333 Å². The first-order chi connectivity index (χ1) is 52.7. The van der Waals surface area contributed by atoms with E-state index in [1.807, 2.05) is 165 Å². The van der Waals surface area contributed by atoms with Crippen molar-refractivity contribution in [2.75, 3.05) is 31.4 Å². The van der Waals surface area contributed by atoms with Crippen molar-refractivity contribution in [3.63, 3.8) is 0 Å². The predicted octanol–water partition coefficient (Wildman–Crippen LogP) is 17.8. The Balaban J connectivity index is 0.000000120. The molecule has 109 heavy (non-hydrogen) atoms. The van der Waals surface area contributed by atoms with E-state index >= 15 is 0 Å². The highest BCUT2D eigenvalue weighted by atomic mass is 79.9. The van der Waals surface area contributed by atoms with Crippen LogP contribution in [0.25, 0.3) is 121 Å². The Hall–Kier alpha value is -11.1. The molecule has 18 rings (SSSR count). The Morgan fingerprint density at radius 1 is 0.385 bits per heavy atom. The fourth-order valence-electron chi connectivity index (χ4n) is 11.8. The molecule has 0 aliphatic rings. The smallest absolute Gasteiger partial charge is 0.489 e. The van der Waals surface area contributed by atoms with E-state index in [9.17, 15) is 10.0 Å². The number of nitrogen functional groups attached to an aromatic ring is 3. The van der Waals surface area contributed by atoms with Crippen molar-refractivity contribution in [2.24, 2.45) is 0 Å². The Labute approximate surface area is 660 Å². The highest BCUT2D eigenvalue weighted by Crippen LogP contribution is 2.41. The van der Waals surface area contributed by atoms with E-state index in [4.69, 9.17) is 115 Å². The standard InChI is InChI=1S/2C15H12ClN3O.2C14H7ClN2O.C11H11BO2.C6H6BClO2.C4H3BrClN3/c2*1-20-11-7-6-9-4-2-3-5-10(9)13(11)14-15(17)19-12(16)8-18-14;2*15-11-7-16-13-12-9-4-2-1-3-8(9)5-6-10(12)18-14(13)17-11;1-8-6-7-9-4-2-3-5-10(9)11(8)12(13)14;8-6-3-1-2-5(4-6)7(9)10;5-3-4(7)9-2(6)1-8-3/h2*2-8H,1H3,(H2,17,19);2*1-7H;2-7,13-14H,1H3;1-4,9-10H;1H,(H2,7,9). The molecule has 21 nitrogen and oxygen atoms in total. The highest BCUT2D eigenvalue weighted by molar-refractivity contribution is 9.10. The molecule has 0 aliphatic heterocycles. The van der Waals surface area contributed by atoms with E-state index in [1.165, 1.54) is 24.7 Å². The van der Waals surface area contributed by atoms with Crippen molar-refractivity contribution in [1.82, 2.24) is 49.8 Å². The molecule has 7 aromatic heterocycles. The SMILES string of the molecule is COc1ccc2ccccc2c1-c1ncc(Cl)nc1N.COc1ccc2ccccc2c1-c1ncc(Cl)nc1N.Cc1ccc2ccccc2c1B(O)O.Clc1cnc2c(n1)oc1ccc3ccccc3c12.Clc1cnc2c(n1)oc1ccc3ccccc3c12.Nc1nc(Cl)cnc1Br.OB(O)c1cccc(Cl)c1. The molecule has 0 radical (unpaired) electrons. The molecule has 10 N–H and O–H groups in total. The van der Waals surface area contributed by atoms with Gasteiger partial charge in [-0.15, -0.1) is 0 Å². The first-order valence-corrected chi connectivity index (χ1v) is 35.8. The zero-order valence-corrected chi connectivity index (χ0v) is 63.6. The average molecular weight is 1630 g/mol. The summed E-state index contributed by atoms with van der Waals surface area (Å²) in [6, 6.07) is 66.0. The van der Waals surface area contributed by atoms with Gasteiger partial charge in [0.1, 0.15) is 65.1 Å². The summed E-state index contributed by atoms with van der Waals surface area (Å²) in [5, 5.41) is 50.5. The van der Waals surface area contributed by atoms with Crippen LogP contribution in [0.5, 0.6) is 11.5 Å². The van der Waals surface area contributed by atoms with Gasteiger partial charge in [0.15, 0.2) is 27.8 Å². The summed E-state index contributed by atoms with van der Waals surface area (Å²) in [6.45, 7) is 1.88. The number of furan rings is 2. The number of halogens is 7. The molecule has 0 saturated heterocycles. The summed E-state index contributed by atoms with van der Waals surface area (Å²) >= 11 is 37.4.